The van der Waals surface area contributed by atoms with Gasteiger partial charge in [0.15, 0.2) is 0 Å². The van der Waals surface area contributed by atoms with E-state index in [0.29, 0.717) is 13.0 Å². The number of phosphoric acid groups is 1. The van der Waals surface area contributed by atoms with Gasteiger partial charge in [0.2, 0.25) is 0 Å². The second-order valence-electron chi connectivity index (χ2n) is 16.6. The van der Waals surface area contributed by atoms with Gasteiger partial charge in [0.25, 0.3) is 0 Å². The number of carbonyl (C=O) groups is 2. The zero-order valence-electron chi connectivity index (χ0n) is 39.5. The lowest BCUT2D eigenvalue weighted by atomic mass is 10.1. The molecule has 0 aliphatic heterocycles. The molecule has 0 amide bonds. The van der Waals surface area contributed by atoms with Crippen LogP contribution in [0.25, 0.3) is 0 Å². The third kappa shape index (κ3) is 45.7. The summed E-state index contributed by atoms with van der Waals surface area (Å²) in [4.78, 5) is 33.7. The van der Waals surface area contributed by atoms with Crippen molar-refractivity contribution in [2.24, 2.45) is 5.73 Å². The predicted octanol–water partition coefficient (Wildman–Crippen LogP) is 14.4. The molecule has 360 valence electrons. The molecule has 3 atom stereocenters. The maximum absolute atomic E-state index is 12.7. The standard InChI is InChI=1S/C51H92NO9P/c1-3-5-7-9-11-13-15-17-19-21-22-23-24-25-26-27-29-31-33-35-37-39-41-43-50(53)61-48(46-59-62(56,57)60-47-49(52)51(54)55)45-58-44-42-40-38-36-34-32-30-28-20-18-16-14-12-10-8-6-4-2/h14-17,20-22,24-25,28,48-49H,3-13,18-19,23,26-27,29-47,52H2,1-2H3,(H,54,55)(H,56,57)/b16-14-,17-15-,22-21-,25-24-,28-20-. The highest BCUT2D eigenvalue weighted by atomic mass is 31.2. The number of nitrogens with two attached hydrogens (primary N) is 1. The number of aliphatic carboxylic acids is 1. The van der Waals surface area contributed by atoms with Crippen molar-refractivity contribution in [3.63, 3.8) is 0 Å². The molecule has 0 aromatic rings. The number of rotatable bonds is 47. The van der Waals surface area contributed by atoms with E-state index in [9.17, 15) is 19.0 Å². The van der Waals surface area contributed by atoms with Gasteiger partial charge in [0.05, 0.1) is 19.8 Å². The minimum absolute atomic E-state index is 0.00478. The summed E-state index contributed by atoms with van der Waals surface area (Å²) in [6.45, 7) is 3.83. The molecule has 0 saturated carbocycles. The Kier molecular flexibility index (Phi) is 44.9. The van der Waals surface area contributed by atoms with E-state index in [4.69, 9.17) is 29.4 Å². The number of carboxylic acids is 1. The maximum Gasteiger partial charge on any atom is 0.472 e. The lowest BCUT2D eigenvalue weighted by Gasteiger charge is -2.20. The van der Waals surface area contributed by atoms with E-state index >= 15 is 0 Å². The van der Waals surface area contributed by atoms with Gasteiger partial charge in [-0.1, -0.05) is 184 Å². The number of unbranched alkanes of at least 4 members (excludes halogenated alkanes) is 23. The van der Waals surface area contributed by atoms with Gasteiger partial charge in [-0.25, -0.2) is 4.57 Å². The van der Waals surface area contributed by atoms with Crippen LogP contribution >= 0.6 is 7.82 Å². The van der Waals surface area contributed by atoms with Gasteiger partial charge in [-0.2, -0.15) is 0 Å². The Morgan fingerprint density at radius 1 is 0.516 bits per heavy atom. The molecule has 0 spiro atoms. The lowest BCUT2D eigenvalue weighted by molar-refractivity contribution is -0.154. The van der Waals surface area contributed by atoms with E-state index in [1.54, 1.807) is 0 Å². The van der Waals surface area contributed by atoms with Crippen LogP contribution in [0.3, 0.4) is 0 Å². The van der Waals surface area contributed by atoms with Crippen LogP contribution in [0.4, 0.5) is 0 Å². The van der Waals surface area contributed by atoms with Crippen LogP contribution in [0.2, 0.25) is 0 Å². The molecule has 0 aliphatic carbocycles. The summed E-state index contributed by atoms with van der Waals surface area (Å²) in [5.74, 6) is -1.79. The third-order valence-electron chi connectivity index (χ3n) is 10.5. The van der Waals surface area contributed by atoms with Crippen molar-refractivity contribution in [3.05, 3.63) is 60.8 Å². The number of esters is 1. The first kappa shape index (κ1) is 59.7. The SMILES string of the molecule is CCCCCC/C=C\C/C=C\CCCCCCCCOCC(COP(=O)(O)OCC(N)C(=O)O)OC(=O)CCCCCCCCCC/C=C\C/C=C\C/C=C\CCCCCCC. The number of phosphoric ester groups is 1. The summed E-state index contributed by atoms with van der Waals surface area (Å²) in [6.07, 6.45) is 57.0. The second kappa shape index (κ2) is 46.7. The van der Waals surface area contributed by atoms with E-state index in [2.05, 4.69) is 74.6 Å². The molecule has 11 heteroatoms. The molecular weight excluding hydrogens is 802 g/mol. The van der Waals surface area contributed by atoms with E-state index in [0.717, 1.165) is 70.6 Å². The van der Waals surface area contributed by atoms with Crippen LogP contribution in [0.1, 0.15) is 213 Å². The van der Waals surface area contributed by atoms with Crippen LogP contribution in [-0.4, -0.2) is 60.5 Å². The van der Waals surface area contributed by atoms with Gasteiger partial charge in [-0.3, -0.25) is 18.6 Å². The van der Waals surface area contributed by atoms with Crippen molar-refractivity contribution in [1.82, 2.24) is 0 Å². The number of ether oxygens (including phenoxy) is 2. The molecule has 62 heavy (non-hydrogen) atoms. The van der Waals surface area contributed by atoms with Crippen molar-refractivity contribution in [1.29, 1.82) is 0 Å². The van der Waals surface area contributed by atoms with Gasteiger partial charge in [0, 0.05) is 13.0 Å². The van der Waals surface area contributed by atoms with Gasteiger partial charge >= 0.3 is 19.8 Å². The molecule has 0 radical (unpaired) electrons. The van der Waals surface area contributed by atoms with E-state index in [1.165, 1.54) is 116 Å². The van der Waals surface area contributed by atoms with Crippen molar-refractivity contribution < 1.29 is 42.7 Å². The highest BCUT2D eigenvalue weighted by molar-refractivity contribution is 7.47. The minimum atomic E-state index is -4.63. The maximum atomic E-state index is 12.7. The molecule has 0 bridgehead atoms. The fourth-order valence-corrected chi connectivity index (χ4v) is 7.42. The van der Waals surface area contributed by atoms with E-state index < -0.39 is 45.1 Å². The summed E-state index contributed by atoms with van der Waals surface area (Å²) in [7, 11) is -4.63. The molecule has 4 N–H and O–H groups in total. The molecule has 0 aromatic carbocycles. The fraction of sp³-hybridized carbons (Fsp3) is 0.765. The van der Waals surface area contributed by atoms with E-state index in [1.807, 2.05) is 0 Å². The highest BCUT2D eigenvalue weighted by Gasteiger charge is 2.27. The molecule has 3 unspecified atom stereocenters. The van der Waals surface area contributed by atoms with Crippen LogP contribution in [0, 0.1) is 0 Å². The fourth-order valence-electron chi connectivity index (χ4n) is 6.64. The van der Waals surface area contributed by atoms with Crippen LogP contribution in [0.15, 0.2) is 60.8 Å². The largest absolute Gasteiger partial charge is 0.480 e. The number of allylic oxidation sites excluding steroid dienone is 10. The first-order chi connectivity index (χ1) is 30.2. The quantitative estimate of drug-likeness (QED) is 0.0233. The normalized spacial score (nSPS) is 14.3. The molecule has 10 nitrogen and oxygen atoms in total. The van der Waals surface area contributed by atoms with Crippen molar-refractivity contribution >= 4 is 19.8 Å². The van der Waals surface area contributed by atoms with Crippen LogP contribution in [0.5, 0.6) is 0 Å². The molecule has 0 aromatic heterocycles. The Balaban J connectivity index is 4.20. The van der Waals surface area contributed by atoms with Crippen molar-refractivity contribution in [2.45, 2.75) is 225 Å². The molecule has 0 saturated heterocycles. The minimum Gasteiger partial charge on any atom is -0.480 e. The monoisotopic (exact) mass is 894 g/mol. The first-order valence-corrected chi connectivity index (χ1v) is 26.3. The topological polar surface area (TPSA) is 155 Å². The Bertz CT molecular complexity index is 1220. The van der Waals surface area contributed by atoms with Gasteiger partial charge in [-0.05, 0) is 83.5 Å². The Morgan fingerprint density at radius 3 is 1.34 bits per heavy atom. The number of hydrogen-bond acceptors (Lipinski definition) is 8. The second-order valence-corrected chi connectivity index (χ2v) is 18.0. The molecule has 0 rings (SSSR count). The first-order valence-electron chi connectivity index (χ1n) is 24.8. The van der Waals surface area contributed by atoms with Crippen LogP contribution in [-0.2, 0) is 32.7 Å². The Morgan fingerprint density at radius 2 is 0.887 bits per heavy atom. The predicted molar refractivity (Wildman–Crippen MR) is 258 cm³/mol. The molecule has 0 heterocycles. The summed E-state index contributed by atoms with van der Waals surface area (Å²) in [5.41, 5.74) is 5.37. The van der Waals surface area contributed by atoms with Crippen molar-refractivity contribution in [2.75, 3.05) is 26.4 Å². The Hall–Kier alpha value is -2.33. The molecule has 0 fully saturated rings. The highest BCUT2D eigenvalue weighted by Crippen LogP contribution is 2.43. The number of carboxylic acid groups (broad SMARTS) is 1. The van der Waals surface area contributed by atoms with Crippen molar-refractivity contribution in [3.8, 4) is 0 Å². The van der Waals surface area contributed by atoms with Gasteiger partial charge in [0.1, 0.15) is 12.1 Å². The lowest BCUT2D eigenvalue weighted by Crippen LogP contribution is -2.34. The summed E-state index contributed by atoms with van der Waals surface area (Å²) < 4.78 is 33.5. The summed E-state index contributed by atoms with van der Waals surface area (Å²) in [5, 5.41) is 8.92. The molecule has 0 aliphatic rings. The summed E-state index contributed by atoms with van der Waals surface area (Å²) in [6, 6.07) is -1.48. The Labute approximate surface area is 379 Å². The average Bonchev–Trinajstić information content (AvgIpc) is 3.25. The third-order valence-corrected chi connectivity index (χ3v) is 11.5. The average molecular weight is 894 g/mol. The van der Waals surface area contributed by atoms with Crippen LogP contribution < -0.4 is 5.73 Å². The summed E-state index contributed by atoms with van der Waals surface area (Å²) >= 11 is 0. The molecular formula is C51H92NO9P. The zero-order chi connectivity index (χ0) is 45.5. The van der Waals surface area contributed by atoms with Gasteiger partial charge < -0.3 is 25.2 Å². The smallest absolute Gasteiger partial charge is 0.472 e. The van der Waals surface area contributed by atoms with Gasteiger partial charge in [-0.15, -0.1) is 0 Å². The zero-order valence-corrected chi connectivity index (χ0v) is 40.3. The number of hydrogen-bond donors (Lipinski definition) is 3. The number of carbonyl (C=O) groups excluding carboxylic acids is 1. The van der Waals surface area contributed by atoms with E-state index in [-0.39, 0.29) is 13.0 Å².